The molecule has 7 heteroatoms. The van der Waals surface area contributed by atoms with Gasteiger partial charge in [0.2, 0.25) is 0 Å². The molecule has 23 heavy (non-hydrogen) atoms. The molecule has 0 saturated heterocycles. The summed E-state index contributed by atoms with van der Waals surface area (Å²) in [6.07, 6.45) is 0.820. The molecule has 0 bridgehead atoms. The number of nitrogens with one attached hydrogen (secondary N) is 2. The topological polar surface area (TPSA) is 104 Å². The zero-order valence-electron chi connectivity index (χ0n) is 11.9. The first kappa shape index (κ1) is 14.6. The summed E-state index contributed by atoms with van der Waals surface area (Å²) in [7, 11) is 0. The second kappa shape index (κ2) is 6.18. The van der Waals surface area contributed by atoms with Gasteiger partial charge in [0, 0.05) is 5.39 Å². The smallest absolute Gasteiger partial charge is 0.411 e. The van der Waals surface area contributed by atoms with Crippen molar-refractivity contribution in [3.8, 4) is 0 Å². The van der Waals surface area contributed by atoms with Gasteiger partial charge in [-0.2, -0.15) is 5.10 Å². The van der Waals surface area contributed by atoms with Gasteiger partial charge in [0.05, 0.1) is 23.0 Å². The van der Waals surface area contributed by atoms with Crippen LogP contribution < -0.4 is 5.32 Å². The van der Waals surface area contributed by atoms with Gasteiger partial charge in [-0.15, -0.1) is 0 Å². The highest BCUT2D eigenvalue weighted by Crippen LogP contribution is 2.23. The number of aromatic amines is 1. The lowest BCUT2D eigenvalue weighted by Gasteiger charge is -2.09. The molecule has 1 heterocycles. The summed E-state index contributed by atoms with van der Waals surface area (Å²) in [6.45, 7) is 0.100. The van der Waals surface area contributed by atoms with Gasteiger partial charge in [-0.3, -0.25) is 10.4 Å². The summed E-state index contributed by atoms with van der Waals surface area (Å²) in [5.74, 6) is -1.15. The number of carbonyl (C=O) groups excluding carboxylic acids is 1. The van der Waals surface area contributed by atoms with Crippen LogP contribution in [0.4, 0.5) is 10.5 Å². The van der Waals surface area contributed by atoms with Gasteiger partial charge in [0.25, 0.3) is 0 Å². The van der Waals surface area contributed by atoms with E-state index in [1.807, 2.05) is 30.3 Å². The lowest BCUT2D eigenvalue weighted by Crippen LogP contribution is -2.16. The number of rotatable bonds is 4. The highest BCUT2D eigenvalue weighted by molar-refractivity contribution is 6.03. The zero-order valence-corrected chi connectivity index (χ0v) is 11.9. The number of H-pyrrole nitrogens is 1. The van der Waals surface area contributed by atoms with Crippen molar-refractivity contribution in [1.82, 2.24) is 10.2 Å². The van der Waals surface area contributed by atoms with Crippen LogP contribution in [0.5, 0.6) is 0 Å². The Hall–Kier alpha value is -3.35. The maximum atomic E-state index is 11.9. The van der Waals surface area contributed by atoms with Crippen LogP contribution in [-0.4, -0.2) is 27.4 Å². The molecular weight excluding hydrogens is 298 g/mol. The predicted octanol–water partition coefficient (Wildman–Crippen LogP) is 3.01. The molecule has 0 spiro atoms. The van der Waals surface area contributed by atoms with E-state index >= 15 is 0 Å². The van der Waals surface area contributed by atoms with Gasteiger partial charge in [0.1, 0.15) is 6.61 Å². The van der Waals surface area contributed by atoms with Gasteiger partial charge in [0.15, 0.2) is 0 Å². The number of aromatic carboxylic acids is 1. The van der Waals surface area contributed by atoms with E-state index in [-0.39, 0.29) is 17.9 Å². The number of hydrogen-bond donors (Lipinski definition) is 3. The van der Waals surface area contributed by atoms with E-state index in [9.17, 15) is 14.7 Å². The van der Waals surface area contributed by atoms with Crippen molar-refractivity contribution in [2.24, 2.45) is 0 Å². The third kappa shape index (κ3) is 3.29. The maximum absolute atomic E-state index is 11.9. The minimum absolute atomic E-state index is 0.0431. The Balaban J connectivity index is 1.76. The van der Waals surface area contributed by atoms with Crippen LogP contribution in [0.15, 0.2) is 48.7 Å². The standard InChI is InChI=1S/C16H13N3O4/c20-15(21)12-7-13-11(8-17-19-13)6-14(12)18-16(22)23-9-10-4-2-1-3-5-10/h1-8H,9H2,(H,17,19)(H,18,22)(H,20,21). The molecule has 0 unspecified atom stereocenters. The van der Waals surface area contributed by atoms with E-state index in [2.05, 4.69) is 15.5 Å². The molecule has 3 aromatic rings. The van der Waals surface area contributed by atoms with Crippen LogP contribution in [0.3, 0.4) is 0 Å². The second-order valence-corrected chi connectivity index (χ2v) is 4.85. The fourth-order valence-electron chi connectivity index (χ4n) is 2.14. The Morgan fingerprint density at radius 3 is 2.74 bits per heavy atom. The number of nitrogens with zero attached hydrogens (tertiary/aromatic N) is 1. The first-order chi connectivity index (χ1) is 11.1. The fourth-order valence-corrected chi connectivity index (χ4v) is 2.14. The third-order valence-corrected chi connectivity index (χ3v) is 3.26. The largest absolute Gasteiger partial charge is 0.478 e. The van der Waals surface area contributed by atoms with Crippen molar-refractivity contribution in [3.63, 3.8) is 0 Å². The number of carboxylic acids is 1. The Morgan fingerprint density at radius 1 is 1.22 bits per heavy atom. The van der Waals surface area contributed by atoms with E-state index in [4.69, 9.17) is 4.74 Å². The number of anilines is 1. The SMILES string of the molecule is O=C(Nc1cc2cn[nH]c2cc1C(=O)O)OCc1ccccc1. The normalized spacial score (nSPS) is 10.4. The predicted molar refractivity (Wildman–Crippen MR) is 83.3 cm³/mol. The maximum Gasteiger partial charge on any atom is 0.411 e. The quantitative estimate of drug-likeness (QED) is 0.687. The molecule has 2 aromatic carbocycles. The van der Waals surface area contributed by atoms with E-state index in [0.717, 1.165) is 5.56 Å². The average Bonchev–Trinajstić information content (AvgIpc) is 3.00. The molecule has 116 valence electrons. The summed E-state index contributed by atoms with van der Waals surface area (Å²) < 4.78 is 5.09. The molecule has 0 aliphatic rings. The number of ether oxygens (including phenoxy) is 1. The van der Waals surface area contributed by atoms with Crippen LogP contribution >= 0.6 is 0 Å². The lowest BCUT2D eigenvalue weighted by molar-refractivity contribution is 0.0698. The summed E-state index contributed by atoms with van der Waals surface area (Å²) in [6, 6.07) is 12.1. The molecule has 0 aliphatic heterocycles. The van der Waals surface area contributed by atoms with Crippen molar-refractivity contribution < 1.29 is 19.4 Å². The van der Waals surface area contributed by atoms with Crippen molar-refractivity contribution in [1.29, 1.82) is 0 Å². The summed E-state index contributed by atoms with van der Waals surface area (Å²) in [4.78, 5) is 23.2. The fraction of sp³-hybridized carbons (Fsp3) is 0.0625. The van der Waals surface area contributed by atoms with Crippen LogP contribution in [0.1, 0.15) is 15.9 Å². The first-order valence-corrected chi connectivity index (χ1v) is 6.81. The second-order valence-electron chi connectivity index (χ2n) is 4.85. The van der Waals surface area contributed by atoms with Crippen molar-refractivity contribution in [3.05, 3.63) is 59.8 Å². The van der Waals surface area contributed by atoms with E-state index in [1.54, 1.807) is 6.20 Å². The molecule has 0 radical (unpaired) electrons. The number of carbonyl (C=O) groups is 2. The molecule has 0 fully saturated rings. The number of hydrogen-bond acceptors (Lipinski definition) is 4. The monoisotopic (exact) mass is 311 g/mol. The van der Waals surface area contributed by atoms with Crippen molar-refractivity contribution >= 4 is 28.7 Å². The Bertz CT molecular complexity index is 858. The van der Waals surface area contributed by atoms with Gasteiger partial charge in [-0.05, 0) is 17.7 Å². The molecule has 1 amide bonds. The van der Waals surface area contributed by atoms with Gasteiger partial charge in [-0.25, -0.2) is 9.59 Å². The van der Waals surface area contributed by atoms with Gasteiger partial charge >= 0.3 is 12.1 Å². The van der Waals surface area contributed by atoms with E-state index in [1.165, 1.54) is 12.1 Å². The van der Waals surface area contributed by atoms with E-state index in [0.29, 0.717) is 10.9 Å². The average molecular weight is 311 g/mol. The number of amides is 1. The summed E-state index contributed by atoms with van der Waals surface area (Å²) in [5, 5.41) is 18.9. The number of fused-ring (bicyclic) bond motifs is 1. The third-order valence-electron chi connectivity index (χ3n) is 3.26. The number of aromatic nitrogens is 2. The highest BCUT2D eigenvalue weighted by atomic mass is 16.5. The van der Waals surface area contributed by atoms with Crippen LogP contribution in [-0.2, 0) is 11.3 Å². The molecular formula is C16H13N3O4. The van der Waals surface area contributed by atoms with Crippen molar-refractivity contribution in [2.75, 3.05) is 5.32 Å². The Labute approximate surface area is 130 Å². The molecule has 0 atom stereocenters. The van der Waals surface area contributed by atoms with Crippen LogP contribution in [0, 0.1) is 0 Å². The van der Waals surface area contributed by atoms with E-state index < -0.39 is 12.1 Å². The number of carboxylic acid groups (broad SMARTS) is 1. The molecule has 0 saturated carbocycles. The van der Waals surface area contributed by atoms with Gasteiger partial charge < -0.3 is 9.84 Å². The molecule has 7 nitrogen and oxygen atoms in total. The first-order valence-electron chi connectivity index (χ1n) is 6.81. The van der Waals surface area contributed by atoms with Crippen molar-refractivity contribution in [2.45, 2.75) is 6.61 Å². The Morgan fingerprint density at radius 2 is 2.00 bits per heavy atom. The molecule has 3 N–H and O–H groups in total. The van der Waals surface area contributed by atoms with Crippen LogP contribution in [0.2, 0.25) is 0 Å². The lowest BCUT2D eigenvalue weighted by atomic mass is 10.1. The highest BCUT2D eigenvalue weighted by Gasteiger charge is 2.15. The van der Waals surface area contributed by atoms with Gasteiger partial charge in [-0.1, -0.05) is 30.3 Å². The minimum atomic E-state index is -1.15. The zero-order chi connectivity index (χ0) is 16.2. The molecule has 0 aliphatic carbocycles. The van der Waals surface area contributed by atoms with Crippen LogP contribution in [0.25, 0.3) is 10.9 Å². The minimum Gasteiger partial charge on any atom is -0.478 e. The molecule has 3 rings (SSSR count). The molecule has 1 aromatic heterocycles. The Kier molecular flexibility index (Phi) is 3.92. The summed E-state index contributed by atoms with van der Waals surface area (Å²) in [5.41, 5.74) is 1.53. The summed E-state index contributed by atoms with van der Waals surface area (Å²) >= 11 is 0. The number of benzene rings is 2.